The van der Waals surface area contributed by atoms with Crippen LogP contribution in [0.25, 0.3) is 0 Å². The largest absolute Gasteiger partial charge is 0.306 e. The van der Waals surface area contributed by atoms with Gasteiger partial charge in [0, 0.05) is 25.2 Å². The minimum atomic E-state index is 0.963. The Kier molecular flexibility index (Phi) is 2.73. The fourth-order valence-corrected chi connectivity index (χ4v) is 3.13. The minimum Gasteiger partial charge on any atom is -0.306 e. The third kappa shape index (κ3) is 2.54. The van der Waals surface area contributed by atoms with Gasteiger partial charge in [0.2, 0.25) is 0 Å². The van der Waals surface area contributed by atoms with Crippen LogP contribution < -0.4 is 0 Å². The van der Waals surface area contributed by atoms with Crippen LogP contribution in [0.15, 0.2) is 0 Å². The van der Waals surface area contributed by atoms with Crippen molar-refractivity contribution < 1.29 is 0 Å². The monoisotopic (exact) mass is 208 g/mol. The van der Waals surface area contributed by atoms with Gasteiger partial charge in [-0.25, -0.2) is 0 Å². The van der Waals surface area contributed by atoms with Gasteiger partial charge in [-0.05, 0) is 58.0 Å². The lowest BCUT2D eigenvalue weighted by molar-refractivity contribution is 0.142. The highest BCUT2D eigenvalue weighted by Crippen LogP contribution is 2.38. The van der Waals surface area contributed by atoms with Crippen LogP contribution in [-0.2, 0) is 0 Å². The molecule has 0 bridgehead atoms. The molecule has 3 aliphatic rings. The van der Waals surface area contributed by atoms with Gasteiger partial charge in [-0.3, -0.25) is 4.90 Å². The standard InChI is InChI=1S/C13H24N2/c1-14-8-2-3-11(9-14)10-15(12-4-5-12)13-6-7-13/h11-13H,2-10H2,1H3. The maximum Gasteiger partial charge on any atom is 0.00994 e. The lowest BCUT2D eigenvalue weighted by Crippen LogP contribution is -2.40. The van der Waals surface area contributed by atoms with E-state index in [1.54, 1.807) is 0 Å². The Bertz CT molecular complexity index is 209. The molecule has 1 saturated heterocycles. The SMILES string of the molecule is CN1CCCC(CN(C2CC2)C2CC2)C1. The van der Waals surface area contributed by atoms with Crippen LogP contribution in [0.1, 0.15) is 38.5 Å². The van der Waals surface area contributed by atoms with Gasteiger partial charge in [0.05, 0.1) is 0 Å². The summed E-state index contributed by atoms with van der Waals surface area (Å²) in [5, 5.41) is 0. The summed E-state index contributed by atoms with van der Waals surface area (Å²) in [6.45, 7) is 4.07. The van der Waals surface area contributed by atoms with Gasteiger partial charge in [-0.1, -0.05) is 0 Å². The molecule has 2 aliphatic carbocycles. The number of nitrogens with zero attached hydrogens (tertiary/aromatic N) is 2. The number of hydrogen-bond donors (Lipinski definition) is 0. The van der Waals surface area contributed by atoms with Gasteiger partial charge in [0.25, 0.3) is 0 Å². The zero-order chi connectivity index (χ0) is 10.3. The lowest BCUT2D eigenvalue weighted by Gasteiger charge is -2.34. The van der Waals surface area contributed by atoms with Crippen molar-refractivity contribution in [3.05, 3.63) is 0 Å². The van der Waals surface area contributed by atoms with E-state index in [-0.39, 0.29) is 0 Å². The van der Waals surface area contributed by atoms with Gasteiger partial charge in [0.15, 0.2) is 0 Å². The quantitative estimate of drug-likeness (QED) is 0.697. The molecule has 0 aromatic carbocycles. The molecule has 3 rings (SSSR count). The zero-order valence-electron chi connectivity index (χ0n) is 9.99. The van der Waals surface area contributed by atoms with Crippen molar-refractivity contribution >= 4 is 0 Å². The van der Waals surface area contributed by atoms with E-state index in [4.69, 9.17) is 0 Å². The molecule has 1 heterocycles. The number of likely N-dealkylation sites (tertiary alicyclic amines) is 1. The van der Waals surface area contributed by atoms with Crippen LogP contribution in [0.4, 0.5) is 0 Å². The maximum absolute atomic E-state index is 2.85. The topological polar surface area (TPSA) is 6.48 Å². The molecule has 86 valence electrons. The smallest absolute Gasteiger partial charge is 0.00994 e. The van der Waals surface area contributed by atoms with E-state index in [9.17, 15) is 0 Å². The Morgan fingerprint density at radius 1 is 1.07 bits per heavy atom. The van der Waals surface area contributed by atoms with E-state index in [1.165, 1.54) is 58.2 Å². The van der Waals surface area contributed by atoms with Crippen molar-refractivity contribution in [3.63, 3.8) is 0 Å². The van der Waals surface area contributed by atoms with Crippen LogP contribution in [0.2, 0.25) is 0 Å². The molecule has 0 aromatic heterocycles. The molecule has 2 nitrogen and oxygen atoms in total. The average molecular weight is 208 g/mol. The molecule has 0 radical (unpaired) electrons. The van der Waals surface area contributed by atoms with Crippen molar-refractivity contribution in [2.45, 2.75) is 50.6 Å². The van der Waals surface area contributed by atoms with E-state index in [0.717, 1.165) is 18.0 Å². The van der Waals surface area contributed by atoms with Crippen molar-refractivity contribution in [3.8, 4) is 0 Å². The second-order valence-corrected chi connectivity index (χ2v) is 5.93. The van der Waals surface area contributed by atoms with Crippen LogP contribution in [-0.4, -0.2) is 48.6 Å². The summed E-state index contributed by atoms with van der Waals surface area (Å²) in [5.74, 6) is 0.963. The third-order valence-corrected chi connectivity index (χ3v) is 4.22. The summed E-state index contributed by atoms with van der Waals surface area (Å²) in [6, 6.07) is 1.98. The second kappa shape index (κ2) is 4.06. The Labute approximate surface area is 93.6 Å². The van der Waals surface area contributed by atoms with Crippen molar-refractivity contribution in [2.75, 3.05) is 26.7 Å². The summed E-state index contributed by atoms with van der Waals surface area (Å²) < 4.78 is 0. The van der Waals surface area contributed by atoms with Crippen LogP contribution in [0.3, 0.4) is 0 Å². The molecule has 0 aromatic rings. The summed E-state index contributed by atoms with van der Waals surface area (Å²) >= 11 is 0. The van der Waals surface area contributed by atoms with Gasteiger partial charge in [-0.2, -0.15) is 0 Å². The first-order valence-corrected chi connectivity index (χ1v) is 6.77. The van der Waals surface area contributed by atoms with Gasteiger partial charge >= 0.3 is 0 Å². The van der Waals surface area contributed by atoms with E-state index < -0.39 is 0 Å². The van der Waals surface area contributed by atoms with Crippen LogP contribution in [0, 0.1) is 5.92 Å². The first kappa shape index (κ1) is 10.1. The Hall–Kier alpha value is -0.0800. The van der Waals surface area contributed by atoms with Crippen molar-refractivity contribution in [1.82, 2.24) is 9.80 Å². The molecule has 15 heavy (non-hydrogen) atoms. The summed E-state index contributed by atoms with van der Waals surface area (Å²) in [4.78, 5) is 5.37. The fraction of sp³-hybridized carbons (Fsp3) is 1.00. The molecular formula is C13H24N2. The second-order valence-electron chi connectivity index (χ2n) is 5.93. The lowest BCUT2D eigenvalue weighted by atomic mass is 9.97. The molecule has 2 saturated carbocycles. The highest BCUT2D eigenvalue weighted by molar-refractivity contribution is 4.95. The first-order chi connectivity index (χ1) is 7.33. The van der Waals surface area contributed by atoms with Gasteiger partial charge < -0.3 is 4.90 Å². The highest BCUT2D eigenvalue weighted by atomic mass is 15.2. The molecule has 0 amide bonds. The summed E-state index contributed by atoms with van der Waals surface area (Å²) in [7, 11) is 2.28. The number of rotatable bonds is 4. The molecule has 0 spiro atoms. The molecular weight excluding hydrogens is 184 g/mol. The van der Waals surface area contributed by atoms with Crippen LogP contribution >= 0.6 is 0 Å². The molecule has 1 atom stereocenters. The number of piperidine rings is 1. The Morgan fingerprint density at radius 3 is 2.27 bits per heavy atom. The molecule has 1 unspecified atom stereocenters. The van der Waals surface area contributed by atoms with Crippen molar-refractivity contribution in [1.29, 1.82) is 0 Å². The maximum atomic E-state index is 2.85. The summed E-state index contributed by atoms with van der Waals surface area (Å²) in [5.41, 5.74) is 0. The van der Waals surface area contributed by atoms with Crippen molar-refractivity contribution in [2.24, 2.45) is 5.92 Å². The zero-order valence-corrected chi connectivity index (χ0v) is 9.99. The number of hydrogen-bond acceptors (Lipinski definition) is 2. The highest BCUT2D eigenvalue weighted by Gasteiger charge is 2.40. The van der Waals surface area contributed by atoms with Gasteiger partial charge in [0.1, 0.15) is 0 Å². The summed E-state index contributed by atoms with van der Waals surface area (Å²) in [6.07, 6.45) is 8.83. The first-order valence-electron chi connectivity index (χ1n) is 6.77. The molecule has 2 heteroatoms. The van der Waals surface area contributed by atoms with Crippen LogP contribution in [0.5, 0.6) is 0 Å². The normalized spacial score (nSPS) is 33.6. The van der Waals surface area contributed by atoms with E-state index in [1.807, 2.05) is 0 Å². The Balaban J connectivity index is 1.53. The molecule has 0 N–H and O–H groups in total. The van der Waals surface area contributed by atoms with E-state index in [0.29, 0.717) is 0 Å². The predicted octanol–water partition coefficient (Wildman–Crippen LogP) is 1.95. The minimum absolute atomic E-state index is 0.963. The van der Waals surface area contributed by atoms with Gasteiger partial charge in [-0.15, -0.1) is 0 Å². The Morgan fingerprint density at radius 2 is 1.73 bits per heavy atom. The molecule has 1 aliphatic heterocycles. The third-order valence-electron chi connectivity index (χ3n) is 4.22. The molecule has 3 fully saturated rings. The van der Waals surface area contributed by atoms with E-state index in [2.05, 4.69) is 16.8 Å². The fourth-order valence-electron chi connectivity index (χ4n) is 3.13. The average Bonchev–Trinajstić information content (AvgIpc) is 3.07. The predicted molar refractivity (Wildman–Crippen MR) is 63.0 cm³/mol. The van der Waals surface area contributed by atoms with E-state index >= 15 is 0 Å².